The molecular formula is C24H20N8S. The zero-order chi connectivity index (χ0) is 22.2. The highest BCUT2D eigenvalue weighted by Crippen LogP contribution is 2.32. The smallest absolute Gasteiger partial charge is 0.161 e. The third kappa shape index (κ3) is 3.57. The van der Waals surface area contributed by atoms with Gasteiger partial charge in [-0.05, 0) is 52.7 Å². The summed E-state index contributed by atoms with van der Waals surface area (Å²) >= 11 is 1.65. The Morgan fingerprint density at radius 1 is 0.939 bits per heavy atom. The summed E-state index contributed by atoms with van der Waals surface area (Å²) in [6.07, 6.45) is 7.35. The predicted octanol–water partition coefficient (Wildman–Crippen LogP) is 4.80. The Hall–Kier alpha value is -3.95. The van der Waals surface area contributed by atoms with Crippen LogP contribution in [0.2, 0.25) is 0 Å². The van der Waals surface area contributed by atoms with E-state index in [2.05, 4.69) is 60.3 Å². The topological polar surface area (TPSA) is 108 Å². The molecule has 8 nitrogen and oxygen atoms in total. The molecule has 0 aliphatic heterocycles. The van der Waals surface area contributed by atoms with Crippen molar-refractivity contribution in [3.05, 3.63) is 65.4 Å². The van der Waals surface area contributed by atoms with E-state index in [1.807, 2.05) is 30.7 Å². The molecule has 0 radical (unpaired) electrons. The van der Waals surface area contributed by atoms with Crippen molar-refractivity contribution in [3.8, 4) is 33.9 Å². The van der Waals surface area contributed by atoms with Crippen LogP contribution in [0.1, 0.15) is 12.5 Å². The van der Waals surface area contributed by atoms with Gasteiger partial charge in [-0.2, -0.15) is 16.4 Å². The number of nitrogens with zero attached hydrogens (tertiary/aromatic N) is 5. The minimum absolute atomic E-state index is 0.657. The number of aromatic nitrogens is 7. The Labute approximate surface area is 193 Å². The number of rotatable bonds is 6. The van der Waals surface area contributed by atoms with E-state index in [0.717, 1.165) is 63.1 Å². The van der Waals surface area contributed by atoms with E-state index in [1.54, 1.807) is 17.5 Å². The maximum atomic E-state index is 4.92. The molecule has 0 atom stereocenters. The second-order valence-corrected chi connectivity index (χ2v) is 8.49. The van der Waals surface area contributed by atoms with Crippen molar-refractivity contribution in [2.24, 2.45) is 0 Å². The zero-order valence-corrected chi connectivity index (χ0v) is 18.6. The molecule has 33 heavy (non-hydrogen) atoms. The highest BCUT2D eigenvalue weighted by molar-refractivity contribution is 7.08. The molecule has 0 saturated carbocycles. The van der Waals surface area contributed by atoms with Crippen LogP contribution in [0.5, 0.6) is 0 Å². The average Bonchev–Trinajstić information content (AvgIpc) is 3.61. The van der Waals surface area contributed by atoms with Crippen LogP contribution in [0.3, 0.4) is 0 Å². The highest BCUT2D eigenvalue weighted by atomic mass is 32.1. The lowest BCUT2D eigenvalue weighted by atomic mass is 10.1. The van der Waals surface area contributed by atoms with Crippen molar-refractivity contribution in [2.75, 3.05) is 6.54 Å². The maximum absolute atomic E-state index is 4.92. The fraction of sp³-hybridized carbons (Fsp3) is 0.125. The third-order valence-corrected chi connectivity index (χ3v) is 6.21. The molecule has 6 rings (SSSR count). The molecule has 6 aromatic rings. The Bertz CT molecular complexity index is 1560. The van der Waals surface area contributed by atoms with Gasteiger partial charge in [-0.3, -0.25) is 15.1 Å². The first-order valence-electron chi connectivity index (χ1n) is 10.7. The van der Waals surface area contributed by atoms with E-state index in [4.69, 9.17) is 9.97 Å². The van der Waals surface area contributed by atoms with Crippen molar-refractivity contribution < 1.29 is 0 Å². The molecule has 9 heteroatoms. The van der Waals surface area contributed by atoms with Gasteiger partial charge in [0.2, 0.25) is 0 Å². The van der Waals surface area contributed by atoms with Gasteiger partial charge in [0, 0.05) is 36.3 Å². The van der Waals surface area contributed by atoms with Crippen molar-refractivity contribution in [2.45, 2.75) is 13.5 Å². The number of hydrogen-bond acceptors (Lipinski definition) is 7. The van der Waals surface area contributed by atoms with E-state index >= 15 is 0 Å². The van der Waals surface area contributed by atoms with Crippen molar-refractivity contribution in [1.29, 1.82) is 0 Å². The molecule has 0 fully saturated rings. The van der Waals surface area contributed by atoms with E-state index in [1.165, 1.54) is 0 Å². The van der Waals surface area contributed by atoms with Gasteiger partial charge in [-0.15, -0.1) is 0 Å². The van der Waals surface area contributed by atoms with Gasteiger partial charge in [0.1, 0.15) is 11.0 Å². The largest absolute Gasteiger partial charge is 0.335 e. The quantitative estimate of drug-likeness (QED) is 0.335. The lowest BCUT2D eigenvalue weighted by molar-refractivity contribution is 0.724. The Kier molecular flexibility index (Phi) is 4.89. The number of pyridine rings is 3. The Balaban J connectivity index is 1.44. The first kappa shape index (κ1) is 19.7. The second kappa shape index (κ2) is 8.19. The van der Waals surface area contributed by atoms with E-state index < -0.39 is 0 Å². The summed E-state index contributed by atoms with van der Waals surface area (Å²) < 4.78 is 0. The first-order valence-corrected chi connectivity index (χ1v) is 11.6. The molecule has 0 saturated heterocycles. The van der Waals surface area contributed by atoms with E-state index in [0.29, 0.717) is 11.5 Å². The zero-order valence-electron chi connectivity index (χ0n) is 17.8. The Morgan fingerprint density at radius 2 is 1.88 bits per heavy atom. The molecule has 3 N–H and O–H groups in total. The van der Waals surface area contributed by atoms with Crippen LogP contribution in [0.25, 0.3) is 56.0 Å². The fourth-order valence-electron chi connectivity index (χ4n) is 3.89. The molecule has 0 unspecified atom stereocenters. The number of thiophene rings is 1. The maximum Gasteiger partial charge on any atom is 0.161 e. The molecule has 0 aliphatic rings. The molecule has 0 amide bonds. The molecule has 0 bridgehead atoms. The van der Waals surface area contributed by atoms with Crippen molar-refractivity contribution in [3.63, 3.8) is 0 Å². The highest BCUT2D eigenvalue weighted by Gasteiger charge is 2.17. The van der Waals surface area contributed by atoms with Crippen LogP contribution in [0.4, 0.5) is 0 Å². The van der Waals surface area contributed by atoms with Gasteiger partial charge in [-0.1, -0.05) is 6.92 Å². The number of H-pyrrole nitrogens is 2. The molecule has 0 spiro atoms. The molecule has 0 aliphatic carbocycles. The summed E-state index contributed by atoms with van der Waals surface area (Å²) in [5.74, 6) is 0.657. The summed E-state index contributed by atoms with van der Waals surface area (Å²) in [7, 11) is 0. The van der Waals surface area contributed by atoms with Crippen LogP contribution in [-0.2, 0) is 6.54 Å². The molecule has 0 aromatic carbocycles. The minimum Gasteiger partial charge on any atom is -0.335 e. The van der Waals surface area contributed by atoms with Crippen molar-refractivity contribution in [1.82, 2.24) is 40.4 Å². The summed E-state index contributed by atoms with van der Waals surface area (Å²) in [5.41, 5.74) is 9.04. The van der Waals surface area contributed by atoms with Gasteiger partial charge in [0.25, 0.3) is 0 Å². The van der Waals surface area contributed by atoms with E-state index in [9.17, 15) is 0 Å². The second-order valence-electron chi connectivity index (χ2n) is 7.71. The Morgan fingerprint density at radius 3 is 2.76 bits per heavy atom. The van der Waals surface area contributed by atoms with Gasteiger partial charge >= 0.3 is 0 Å². The number of hydrogen-bond donors (Lipinski definition) is 3. The summed E-state index contributed by atoms with van der Waals surface area (Å²) in [6.45, 7) is 3.77. The average molecular weight is 453 g/mol. The number of aromatic amines is 2. The standard InChI is InChI=1S/C24H20N8S/c1-2-25-8-14-7-16(10-26-9-14)18-3-4-19-22(28-18)23(32-31-19)24-29-20-12-27-11-17(21(20)30-24)15-5-6-33-13-15/h3-7,9-13,25H,2,8H2,1H3,(H,29,30)(H,31,32). The molecule has 6 heterocycles. The number of imidazole rings is 1. The normalized spacial score (nSPS) is 11.5. The van der Waals surface area contributed by atoms with Crippen LogP contribution in [0.15, 0.2) is 59.8 Å². The van der Waals surface area contributed by atoms with Crippen LogP contribution in [0, 0.1) is 0 Å². The number of fused-ring (bicyclic) bond motifs is 2. The third-order valence-electron chi connectivity index (χ3n) is 5.53. The van der Waals surface area contributed by atoms with E-state index in [-0.39, 0.29) is 0 Å². The lowest BCUT2D eigenvalue weighted by Gasteiger charge is -2.05. The fourth-order valence-corrected chi connectivity index (χ4v) is 4.55. The van der Waals surface area contributed by atoms with Gasteiger partial charge < -0.3 is 10.3 Å². The molecule has 6 aromatic heterocycles. The van der Waals surface area contributed by atoms with Gasteiger partial charge in [0.15, 0.2) is 11.5 Å². The monoisotopic (exact) mass is 452 g/mol. The summed E-state index contributed by atoms with van der Waals surface area (Å²) in [5, 5.41) is 15.1. The van der Waals surface area contributed by atoms with Crippen LogP contribution >= 0.6 is 11.3 Å². The first-order chi connectivity index (χ1) is 16.3. The molecule has 162 valence electrons. The van der Waals surface area contributed by atoms with Crippen molar-refractivity contribution >= 4 is 33.4 Å². The van der Waals surface area contributed by atoms with Crippen LogP contribution < -0.4 is 5.32 Å². The molecular weight excluding hydrogens is 432 g/mol. The minimum atomic E-state index is 0.657. The lowest BCUT2D eigenvalue weighted by Crippen LogP contribution is -2.11. The SMILES string of the molecule is CCNCc1cncc(-c2ccc3[nH]nc(-c4nc5c(-c6ccsc6)cncc5[nH]4)c3n2)c1. The van der Waals surface area contributed by atoms with Gasteiger partial charge in [-0.25, -0.2) is 9.97 Å². The summed E-state index contributed by atoms with van der Waals surface area (Å²) in [6, 6.07) is 8.16. The predicted molar refractivity (Wildman–Crippen MR) is 131 cm³/mol. The van der Waals surface area contributed by atoms with Crippen LogP contribution in [-0.4, -0.2) is 41.7 Å². The number of nitrogens with one attached hydrogen (secondary N) is 3. The summed E-state index contributed by atoms with van der Waals surface area (Å²) in [4.78, 5) is 21.9. The van der Waals surface area contributed by atoms with Gasteiger partial charge in [0.05, 0.1) is 22.9 Å².